The van der Waals surface area contributed by atoms with Gasteiger partial charge >= 0.3 is 23.9 Å². The van der Waals surface area contributed by atoms with Gasteiger partial charge in [0.15, 0.2) is 0 Å². The second kappa shape index (κ2) is 16.3. The van der Waals surface area contributed by atoms with Gasteiger partial charge in [0, 0.05) is 25.1 Å². The van der Waals surface area contributed by atoms with E-state index in [2.05, 4.69) is 16.0 Å². The molecule has 0 spiro atoms. The Balaban J connectivity index is 2.62. The van der Waals surface area contributed by atoms with E-state index in [1.54, 1.807) is 13.8 Å². The molecule has 230 valence electrons. The van der Waals surface area contributed by atoms with Crippen molar-refractivity contribution in [1.82, 2.24) is 16.0 Å². The van der Waals surface area contributed by atoms with Crippen molar-refractivity contribution in [3.63, 3.8) is 0 Å². The van der Waals surface area contributed by atoms with Crippen LogP contribution < -0.4 is 26.6 Å². The van der Waals surface area contributed by atoms with E-state index in [1.807, 2.05) is 6.92 Å². The molecule has 7 N–H and O–H groups in total. The average Bonchev–Trinajstić information content (AvgIpc) is 2.94. The van der Waals surface area contributed by atoms with Crippen molar-refractivity contribution in [3.8, 4) is 0 Å². The highest BCUT2D eigenvalue weighted by Gasteiger charge is 2.30. The zero-order chi connectivity index (χ0) is 32.1. The molecule has 43 heavy (non-hydrogen) atoms. The number of hydrogen-bond donors (Lipinski definition) is 6. The lowest BCUT2D eigenvalue weighted by Gasteiger charge is -2.25. The van der Waals surface area contributed by atoms with Crippen LogP contribution in [0, 0.1) is 0 Å². The predicted molar refractivity (Wildman–Crippen MR) is 160 cm³/mol. The molecule has 1 atom stereocenters. The van der Waals surface area contributed by atoms with Crippen LogP contribution >= 0.6 is 0 Å². The molecule has 2 aromatic carbocycles. The van der Waals surface area contributed by atoms with E-state index in [0.29, 0.717) is 17.0 Å². The summed E-state index contributed by atoms with van der Waals surface area (Å²) in [6, 6.07) is 7.94. The molecule has 0 saturated heterocycles. The maximum Gasteiger partial charge on any atom is 0.395 e. The summed E-state index contributed by atoms with van der Waals surface area (Å²) >= 11 is 0. The number of amides is 5. The van der Waals surface area contributed by atoms with Crippen LogP contribution in [0.1, 0.15) is 61.5 Å². The smallest absolute Gasteiger partial charge is 0.395 e. The first kappa shape index (κ1) is 34.0. The fourth-order valence-corrected chi connectivity index (χ4v) is 4.15. The quantitative estimate of drug-likeness (QED) is 0.108. The Morgan fingerprint density at radius 1 is 0.953 bits per heavy atom. The third-order valence-electron chi connectivity index (χ3n) is 6.08. The summed E-state index contributed by atoms with van der Waals surface area (Å²) in [5, 5.41) is 27.4. The van der Waals surface area contributed by atoms with Gasteiger partial charge in [-0.15, -0.1) is 0 Å². The first-order valence-electron chi connectivity index (χ1n) is 13.7. The van der Waals surface area contributed by atoms with Gasteiger partial charge in [0.25, 0.3) is 0 Å². The van der Waals surface area contributed by atoms with Crippen molar-refractivity contribution in [2.45, 2.75) is 58.5 Å². The Kier molecular flexibility index (Phi) is 12.9. The van der Waals surface area contributed by atoms with Gasteiger partial charge in [0.05, 0.1) is 16.9 Å². The molecular weight excluding hydrogens is 558 g/mol. The van der Waals surface area contributed by atoms with Gasteiger partial charge < -0.3 is 31.9 Å². The standard InChI is InChI=1S/C30H37N5O8/c1-4-5-8-15-32-26(37)22(34-30(43)33-18(2)3)17-19-11-13-23(20(16-19)12-14-25(31)36)35(27(38)29(41)42)24-10-7-6-9-21(24)28(39)40/h6-7,9-14,16,18,22H,4-5,8,15,17H2,1-3H3,(H2,31,36)(H,32,37)(H,39,40)(H,41,42)(H2,33,34,43)/b14-12+. The number of anilines is 2. The molecule has 0 bridgehead atoms. The molecule has 13 nitrogen and oxygen atoms in total. The molecule has 0 aliphatic carbocycles. The average molecular weight is 596 g/mol. The number of para-hydroxylation sites is 1. The van der Waals surface area contributed by atoms with Crippen LogP contribution in [0.4, 0.5) is 16.2 Å². The first-order valence-corrected chi connectivity index (χ1v) is 13.7. The van der Waals surface area contributed by atoms with Crippen molar-refractivity contribution in [1.29, 1.82) is 0 Å². The maximum atomic E-state index is 13.1. The molecule has 2 rings (SSSR count). The van der Waals surface area contributed by atoms with Gasteiger partial charge in [-0.2, -0.15) is 0 Å². The van der Waals surface area contributed by atoms with E-state index in [-0.39, 0.29) is 35.0 Å². The number of primary amides is 1. The molecule has 0 aliphatic rings. The van der Waals surface area contributed by atoms with Crippen LogP contribution in [0.2, 0.25) is 0 Å². The highest BCUT2D eigenvalue weighted by atomic mass is 16.4. The molecule has 0 aliphatic heterocycles. The Labute approximate surface area is 249 Å². The van der Waals surface area contributed by atoms with E-state index in [9.17, 15) is 39.0 Å². The Bertz CT molecular complexity index is 1390. The van der Waals surface area contributed by atoms with Gasteiger partial charge in [-0.05, 0) is 61.7 Å². The minimum atomic E-state index is -1.85. The molecule has 5 amide bonds. The highest BCUT2D eigenvalue weighted by molar-refractivity contribution is 6.39. The molecular formula is C30H37N5O8. The molecule has 0 saturated carbocycles. The number of carbonyl (C=O) groups is 6. The summed E-state index contributed by atoms with van der Waals surface area (Å²) in [6.07, 6.45) is 4.85. The van der Waals surface area contributed by atoms with E-state index in [4.69, 9.17) is 5.73 Å². The maximum absolute atomic E-state index is 13.1. The zero-order valence-electron chi connectivity index (χ0n) is 24.3. The minimum Gasteiger partial charge on any atom is -0.478 e. The lowest BCUT2D eigenvalue weighted by atomic mass is 9.99. The van der Waals surface area contributed by atoms with Crippen LogP contribution in [0.3, 0.4) is 0 Å². The number of aromatic carboxylic acids is 1. The van der Waals surface area contributed by atoms with Crippen molar-refractivity contribution in [3.05, 3.63) is 65.2 Å². The number of carboxylic acid groups (broad SMARTS) is 2. The number of unbranched alkanes of at least 4 members (excludes halogenated alkanes) is 2. The predicted octanol–water partition coefficient (Wildman–Crippen LogP) is 2.56. The third-order valence-corrected chi connectivity index (χ3v) is 6.08. The molecule has 0 aromatic heterocycles. The summed E-state index contributed by atoms with van der Waals surface area (Å²) in [5.74, 6) is -5.97. The second-order valence-electron chi connectivity index (χ2n) is 9.92. The number of nitrogens with one attached hydrogen (secondary N) is 3. The monoisotopic (exact) mass is 595 g/mol. The molecule has 13 heteroatoms. The Morgan fingerprint density at radius 3 is 2.26 bits per heavy atom. The van der Waals surface area contributed by atoms with Gasteiger partial charge in [-0.25, -0.2) is 14.4 Å². The van der Waals surface area contributed by atoms with Gasteiger partial charge in [-0.3, -0.25) is 19.3 Å². The van der Waals surface area contributed by atoms with E-state index >= 15 is 0 Å². The van der Waals surface area contributed by atoms with Gasteiger partial charge in [-0.1, -0.05) is 38.0 Å². The summed E-state index contributed by atoms with van der Waals surface area (Å²) in [5.41, 5.74) is 5.26. The molecule has 0 fully saturated rings. The van der Waals surface area contributed by atoms with E-state index in [1.165, 1.54) is 48.5 Å². The van der Waals surface area contributed by atoms with Crippen molar-refractivity contribution in [2.24, 2.45) is 5.73 Å². The van der Waals surface area contributed by atoms with E-state index < -0.39 is 41.7 Å². The summed E-state index contributed by atoms with van der Waals surface area (Å²) in [7, 11) is 0. The number of carboxylic acids is 2. The van der Waals surface area contributed by atoms with Crippen LogP contribution in [0.25, 0.3) is 6.08 Å². The number of hydrogen-bond acceptors (Lipinski definition) is 6. The summed E-state index contributed by atoms with van der Waals surface area (Å²) < 4.78 is 0. The highest BCUT2D eigenvalue weighted by Crippen LogP contribution is 2.33. The van der Waals surface area contributed by atoms with Crippen molar-refractivity contribution in [2.75, 3.05) is 11.4 Å². The molecule has 0 radical (unpaired) electrons. The number of nitrogens with zero attached hydrogens (tertiary/aromatic N) is 1. The number of benzene rings is 2. The number of carbonyl (C=O) groups excluding carboxylic acids is 4. The minimum absolute atomic E-state index is 0.0125. The van der Waals surface area contributed by atoms with Gasteiger partial charge in [0.2, 0.25) is 11.8 Å². The number of nitrogens with two attached hydrogens (primary N) is 1. The van der Waals surface area contributed by atoms with Crippen LogP contribution in [-0.2, 0) is 25.6 Å². The zero-order valence-corrected chi connectivity index (χ0v) is 24.3. The number of rotatable bonds is 14. The SMILES string of the molecule is CCCCCNC(=O)C(Cc1ccc(N(C(=O)C(=O)O)c2ccccc2C(=O)O)c(/C=C/C(N)=O)c1)NC(=O)NC(C)C. The summed E-state index contributed by atoms with van der Waals surface area (Å²) in [6.45, 7) is 5.98. The van der Waals surface area contributed by atoms with Crippen LogP contribution in [0.5, 0.6) is 0 Å². The molecule has 1 unspecified atom stereocenters. The fraction of sp³-hybridized carbons (Fsp3) is 0.333. The lowest BCUT2D eigenvalue weighted by molar-refractivity contribution is -0.148. The second-order valence-corrected chi connectivity index (χ2v) is 9.92. The molecule has 0 heterocycles. The first-order chi connectivity index (χ1) is 20.3. The van der Waals surface area contributed by atoms with Crippen LogP contribution in [-0.4, -0.2) is 64.5 Å². The Morgan fingerprint density at radius 2 is 1.65 bits per heavy atom. The fourth-order valence-electron chi connectivity index (χ4n) is 4.15. The number of urea groups is 1. The topological polar surface area (TPSA) is 208 Å². The lowest BCUT2D eigenvalue weighted by Crippen LogP contribution is -2.52. The largest absolute Gasteiger partial charge is 0.478 e. The Hall–Kier alpha value is -5.20. The van der Waals surface area contributed by atoms with Gasteiger partial charge in [0.1, 0.15) is 6.04 Å². The number of aliphatic carboxylic acids is 1. The summed E-state index contributed by atoms with van der Waals surface area (Å²) in [4.78, 5) is 74.5. The molecule has 2 aromatic rings. The van der Waals surface area contributed by atoms with Crippen molar-refractivity contribution >= 4 is 53.1 Å². The third kappa shape index (κ3) is 10.3. The van der Waals surface area contributed by atoms with Crippen molar-refractivity contribution < 1.29 is 39.0 Å². The normalized spacial score (nSPS) is 11.5. The van der Waals surface area contributed by atoms with Crippen LogP contribution in [0.15, 0.2) is 48.5 Å². The van der Waals surface area contributed by atoms with E-state index in [0.717, 1.165) is 25.3 Å².